The average molecular weight is 415 g/mol. The lowest BCUT2D eigenvalue weighted by molar-refractivity contribution is 0.0994. The molecule has 1 aromatic carbocycles. The normalized spacial score (nSPS) is 11.5. The van der Waals surface area contributed by atoms with Crippen LogP contribution in [-0.4, -0.2) is 20.6 Å². The lowest BCUT2D eigenvalue weighted by atomic mass is 10.2. The predicted octanol–water partition coefficient (Wildman–Crippen LogP) is 5.62. The highest BCUT2D eigenvalue weighted by Gasteiger charge is 2.17. The average Bonchev–Trinajstić information content (AvgIpc) is 2.91. The Balaban J connectivity index is 1.99. The zero-order valence-corrected chi connectivity index (χ0v) is 16.0. The Bertz CT molecular complexity index is 951. The number of aryl methyl sites for hydroxylation is 1. The zero-order valence-electron chi connectivity index (χ0n) is 14.4. The summed E-state index contributed by atoms with van der Waals surface area (Å²) in [4.78, 5) is 16.1. The quantitative estimate of drug-likeness (QED) is 0.419. The lowest BCUT2D eigenvalue weighted by Gasteiger charge is -2.06. The van der Waals surface area contributed by atoms with E-state index >= 15 is 0 Å². The van der Waals surface area contributed by atoms with Crippen molar-refractivity contribution in [2.24, 2.45) is 10.2 Å². The van der Waals surface area contributed by atoms with Crippen molar-refractivity contribution in [1.82, 2.24) is 9.55 Å². The molecule has 0 aliphatic carbocycles. The van der Waals surface area contributed by atoms with Crippen LogP contribution in [-0.2, 0) is 6.54 Å². The van der Waals surface area contributed by atoms with Gasteiger partial charge in [0.2, 0.25) is 5.88 Å². The fourth-order valence-corrected chi connectivity index (χ4v) is 3.14. The fraction of sp³-hybridized carbons (Fsp3) is 0.263. The standard InChI is InChI=1S/C19H19BrN4O2/c1-2-3-4-10-24-16-8-7-14(20)11-15(16)17(19(24)26)22-23-18(25)13-6-5-9-21-12-13/h5-9,11-12,26H,2-4,10H2,1H3. The van der Waals surface area contributed by atoms with Crippen molar-refractivity contribution < 1.29 is 9.90 Å². The van der Waals surface area contributed by atoms with Crippen LogP contribution < -0.4 is 0 Å². The van der Waals surface area contributed by atoms with E-state index < -0.39 is 5.91 Å². The van der Waals surface area contributed by atoms with Crippen LogP contribution in [0.1, 0.15) is 36.5 Å². The summed E-state index contributed by atoms with van der Waals surface area (Å²) >= 11 is 3.44. The van der Waals surface area contributed by atoms with E-state index in [0.717, 1.165) is 34.6 Å². The number of fused-ring (bicyclic) bond motifs is 1. The summed E-state index contributed by atoms with van der Waals surface area (Å²) in [7, 11) is 0. The van der Waals surface area contributed by atoms with E-state index in [1.165, 1.54) is 6.20 Å². The summed E-state index contributed by atoms with van der Waals surface area (Å²) in [6, 6.07) is 9.00. The predicted molar refractivity (Wildman–Crippen MR) is 104 cm³/mol. The van der Waals surface area contributed by atoms with E-state index in [1.54, 1.807) is 18.3 Å². The van der Waals surface area contributed by atoms with Crippen LogP contribution in [0.4, 0.5) is 5.69 Å². The molecule has 2 heterocycles. The molecular weight excluding hydrogens is 396 g/mol. The smallest absolute Gasteiger partial charge is 0.296 e. The first-order chi connectivity index (χ1) is 12.6. The maximum atomic E-state index is 12.2. The van der Waals surface area contributed by atoms with Crippen LogP contribution in [0.3, 0.4) is 0 Å². The van der Waals surface area contributed by atoms with Gasteiger partial charge < -0.3 is 9.67 Å². The second kappa shape index (κ2) is 8.23. The zero-order chi connectivity index (χ0) is 18.5. The highest BCUT2D eigenvalue weighted by molar-refractivity contribution is 9.10. The Morgan fingerprint density at radius 1 is 1.31 bits per heavy atom. The number of aromatic nitrogens is 2. The molecule has 0 spiro atoms. The van der Waals surface area contributed by atoms with Crippen molar-refractivity contribution in [1.29, 1.82) is 0 Å². The third-order valence-corrected chi connectivity index (χ3v) is 4.60. The van der Waals surface area contributed by atoms with Gasteiger partial charge in [-0.25, -0.2) is 0 Å². The molecule has 0 unspecified atom stereocenters. The van der Waals surface area contributed by atoms with Gasteiger partial charge in [-0.05, 0) is 36.8 Å². The molecular formula is C19H19BrN4O2. The molecule has 3 aromatic rings. The highest BCUT2D eigenvalue weighted by Crippen LogP contribution is 2.40. The van der Waals surface area contributed by atoms with Crippen LogP contribution >= 0.6 is 15.9 Å². The Labute approximate surface area is 159 Å². The Morgan fingerprint density at radius 2 is 2.15 bits per heavy atom. The van der Waals surface area contributed by atoms with E-state index in [9.17, 15) is 9.90 Å². The molecule has 0 fully saturated rings. The molecule has 1 amide bonds. The SMILES string of the molecule is CCCCCn1c(O)c(N=NC(=O)c2cccnc2)c2cc(Br)ccc21. The van der Waals surface area contributed by atoms with Gasteiger partial charge in [-0.1, -0.05) is 35.7 Å². The van der Waals surface area contributed by atoms with Gasteiger partial charge in [0, 0.05) is 28.8 Å². The van der Waals surface area contributed by atoms with Crippen molar-refractivity contribution in [3.05, 3.63) is 52.8 Å². The van der Waals surface area contributed by atoms with E-state index in [1.807, 2.05) is 22.8 Å². The van der Waals surface area contributed by atoms with Crippen LogP contribution in [0.5, 0.6) is 5.88 Å². The Hall–Kier alpha value is -2.54. The molecule has 2 aromatic heterocycles. The first-order valence-corrected chi connectivity index (χ1v) is 9.28. The highest BCUT2D eigenvalue weighted by atomic mass is 79.9. The molecule has 3 rings (SSSR count). The van der Waals surface area contributed by atoms with Crippen LogP contribution in [0.2, 0.25) is 0 Å². The summed E-state index contributed by atoms with van der Waals surface area (Å²) in [6.45, 7) is 2.82. The van der Waals surface area contributed by atoms with Crippen LogP contribution in [0.15, 0.2) is 57.4 Å². The van der Waals surface area contributed by atoms with Gasteiger partial charge in [0.15, 0.2) is 5.69 Å². The monoisotopic (exact) mass is 414 g/mol. The van der Waals surface area contributed by atoms with E-state index in [0.29, 0.717) is 17.8 Å². The Kier molecular flexibility index (Phi) is 5.78. The molecule has 0 aliphatic heterocycles. The molecule has 0 atom stereocenters. The number of hydrogen-bond donors (Lipinski definition) is 1. The summed E-state index contributed by atoms with van der Waals surface area (Å²) in [6.07, 6.45) is 6.14. The topological polar surface area (TPSA) is 79.8 Å². The maximum absolute atomic E-state index is 12.2. The third kappa shape index (κ3) is 3.83. The van der Waals surface area contributed by atoms with Gasteiger partial charge in [-0.15, -0.1) is 10.2 Å². The van der Waals surface area contributed by atoms with Crippen LogP contribution in [0.25, 0.3) is 10.9 Å². The summed E-state index contributed by atoms with van der Waals surface area (Å²) in [5.74, 6) is -0.476. The number of nitrogens with zero attached hydrogens (tertiary/aromatic N) is 4. The number of aromatic hydroxyl groups is 1. The molecule has 26 heavy (non-hydrogen) atoms. The molecule has 0 radical (unpaired) electrons. The summed E-state index contributed by atoms with van der Waals surface area (Å²) < 4.78 is 2.69. The van der Waals surface area contributed by atoms with Crippen molar-refractivity contribution >= 4 is 38.4 Å². The van der Waals surface area contributed by atoms with Crippen molar-refractivity contribution in [2.45, 2.75) is 32.7 Å². The number of unbranched alkanes of at least 4 members (excludes halogenated alkanes) is 2. The molecule has 1 N–H and O–H groups in total. The number of carbonyl (C=O) groups excluding carboxylic acids is 1. The molecule has 134 valence electrons. The minimum atomic E-state index is -0.501. The number of amides is 1. The van der Waals surface area contributed by atoms with Crippen molar-refractivity contribution in [2.75, 3.05) is 0 Å². The number of carbonyl (C=O) groups is 1. The van der Waals surface area contributed by atoms with Gasteiger partial charge in [0.05, 0.1) is 11.1 Å². The third-order valence-electron chi connectivity index (χ3n) is 4.11. The van der Waals surface area contributed by atoms with E-state index in [2.05, 4.69) is 38.1 Å². The van der Waals surface area contributed by atoms with Gasteiger partial charge in [-0.3, -0.25) is 9.78 Å². The van der Waals surface area contributed by atoms with Crippen molar-refractivity contribution in [3.63, 3.8) is 0 Å². The Morgan fingerprint density at radius 3 is 2.88 bits per heavy atom. The van der Waals surface area contributed by atoms with Gasteiger partial charge in [0.1, 0.15) is 0 Å². The van der Waals surface area contributed by atoms with Crippen LogP contribution in [0, 0.1) is 0 Å². The minimum Gasteiger partial charge on any atom is -0.493 e. The number of halogens is 1. The molecule has 0 aliphatic rings. The minimum absolute atomic E-state index is 0.0249. The second-order valence-electron chi connectivity index (χ2n) is 5.94. The molecule has 7 heteroatoms. The molecule has 0 saturated carbocycles. The largest absolute Gasteiger partial charge is 0.493 e. The first-order valence-electron chi connectivity index (χ1n) is 8.48. The maximum Gasteiger partial charge on any atom is 0.296 e. The fourth-order valence-electron chi connectivity index (χ4n) is 2.78. The molecule has 0 bridgehead atoms. The lowest BCUT2D eigenvalue weighted by Crippen LogP contribution is -1.96. The number of benzene rings is 1. The first kappa shape index (κ1) is 18.3. The van der Waals surface area contributed by atoms with E-state index in [-0.39, 0.29) is 5.88 Å². The van der Waals surface area contributed by atoms with Gasteiger partial charge in [-0.2, -0.15) is 0 Å². The second-order valence-corrected chi connectivity index (χ2v) is 6.85. The number of azo groups is 1. The summed E-state index contributed by atoms with van der Waals surface area (Å²) in [5, 5.41) is 19.2. The number of pyridine rings is 1. The van der Waals surface area contributed by atoms with Gasteiger partial charge in [0.25, 0.3) is 5.91 Å². The molecule has 6 nitrogen and oxygen atoms in total. The van der Waals surface area contributed by atoms with Gasteiger partial charge >= 0.3 is 0 Å². The summed E-state index contributed by atoms with van der Waals surface area (Å²) in [5.41, 5.74) is 1.52. The van der Waals surface area contributed by atoms with Crippen molar-refractivity contribution in [3.8, 4) is 5.88 Å². The number of rotatable bonds is 6. The molecule has 0 saturated heterocycles. The number of hydrogen-bond acceptors (Lipinski definition) is 4. The van der Waals surface area contributed by atoms with E-state index in [4.69, 9.17) is 0 Å².